The Hall–Kier alpha value is -2.86. The van der Waals surface area contributed by atoms with E-state index >= 15 is 0 Å². The maximum atomic E-state index is 11.1. The van der Waals surface area contributed by atoms with Gasteiger partial charge in [-0.3, -0.25) is 0 Å². The molecule has 3 rings (SSSR count). The number of carboxylic acids is 1. The summed E-state index contributed by atoms with van der Waals surface area (Å²) in [7, 11) is 0. The van der Waals surface area contributed by atoms with Crippen LogP contribution in [0.2, 0.25) is 0 Å². The average molecular weight is 247 g/mol. The summed E-state index contributed by atoms with van der Waals surface area (Å²) in [6, 6.07) is 16.7. The van der Waals surface area contributed by atoms with E-state index < -0.39 is 5.97 Å². The van der Waals surface area contributed by atoms with Crippen LogP contribution in [-0.2, 0) is 0 Å². The summed E-state index contributed by atoms with van der Waals surface area (Å²) in [4.78, 5) is 11.1. The lowest BCUT2D eigenvalue weighted by Gasteiger charge is -2.07. The molecule has 0 fully saturated rings. The SMILES string of the molecule is N#Cc1cc(C(=O)O)cc2ccc3ccccc3c12. The Morgan fingerprint density at radius 1 is 1.05 bits per heavy atom. The van der Waals surface area contributed by atoms with Crippen molar-refractivity contribution in [3.8, 4) is 6.07 Å². The molecule has 0 heterocycles. The van der Waals surface area contributed by atoms with Gasteiger partial charge in [0.1, 0.15) is 0 Å². The maximum Gasteiger partial charge on any atom is 0.335 e. The van der Waals surface area contributed by atoms with Crippen LogP contribution in [0.3, 0.4) is 0 Å². The number of carbonyl (C=O) groups is 1. The zero-order valence-corrected chi connectivity index (χ0v) is 9.92. The van der Waals surface area contributed by atoms with E-state index in [0.29, 0.717) is 5.56 Å². The Morgan fingerprint density at radius 3 is 2.53 bits per heavy atom. The lowest BCUT2D eigenvalue weighted by atomic mass is 9.96. The first kappa shape index (κ1) is 11.2. The summed E-state index contributed by atoms with van der Waals surface area (Å²) in [5, 5.41) is 21.9. The summed E-state index contributed by atoms with van der Waals surface area (Å²) in [6.45, 7) is 0. The molecule has 90 valence electrons. The molecule has 0 bridgehead atoms. The van der Waals surface area contributed by atoms with Crippen molar-refractivity contribution < 1.29 is 9.90 Å². The van der Waals surface area contributed by atoms with Crippen LogP contribution >= 0.6 is 0 Å². The maximum absolute atomic E-state index is 11.1. The van der Waals surface area contributed by atoms with E-state index in [0.717, 1.165) is 21.5 Å². The molecule has 0 spiro atoms. The molecule has 0 radical (unpaired) electrons. The van der Waals surface area contributed by atoms with Crippen LogP contribution in [0.25, 0.3) is 21.5 Å². The second kappa shape index (κ2) is 4.11. The first-order valence-electron chi connectivity index (χ1n) is 5.79. The zero-order valence-electron chi connectivity index (χ0n) is 9.92. The Bertz CT molecular complexity index is 860. The van der Waals surface area contributed by atoms with Crippen molar-refractivity contribution >= 4 is 27.5 Å². The highest BCUT2D eigenvalue weighted by molar-refractivity contribution is 6.11. The van der Waals surface area contributed by atoms with E-state index in [1.165, 1.54) is 6.07 Å². The largest absolute Gasteiger partial charge is 0.478 e. The number of carboxylic acid groups (broad SMARTS) is 1. The minimum atomic E-state index is -1.02. The first-order valence-corrected chi connectivity index (χ1v) is 5.79. The van der Waals surface area contributed by atoms with Crippen molar-refractivity contribution in [1.82, 2.24) is 0 Å². The second-order valence-corrected chi connectivity index (χ2v) is 4.33. The summed E-state index contributed by atoms with van der Waals surface area (Å²) in [5.74, 6) is -1.02. The van der Waals surface area contributed by atoms with Gasteiger partial charge >= 0.3 is 5.97 Å². The zero-order chi connectivity index (χ0) is 13.4. The van der Waals surface area contributed by atoms with Gasteiger partial charge in [0.2, 0.25) is 0 Å². The van der Waals surface area contributed by atoms with Crippen LogP contribution in [0.1, 0.15) is 15.9 Å². The molecule has 3 heteroatoms. The highest BCUT2D eigenvalue weighted by atomic mass is 16.4. The molecule has 1 N–H and O–H groups in total. The van der Waals surface area contributed by atoms with Crippen molar-refractivity contribution in [2.45, 2.75) is 0 Å². The lowest BCUT2D eigenvalue weighted by Crippen LogP contribution is -1.97. The third-order valence-electron chi connectivity index (χ3n) is 3.21. The predicted octanol–water partition coefficient (Wildman–Crippen LogP) is 3.56. The number of aromatic carboxylic acids is 1. The van der Waals surface area contributed by atoms with Crippen LogP contribution in [0.4, 0.5) is 0 Å². The molecule has 0 saturated heterocycles. The van der Waals surface area contributed by atoms with Crippen LogP contribution in [0.5, 0.6) is 0 Å². The Morgan fingerprint density at radius 2 is 1.79 bits per heavy atom. The van der Waals surface area contributed by atoms with Gasteiger partial charge in [-0.1, -0.05) is 36.4 Å². The van der Waals surface area contributed by atoms with E-state index in [2.05, 4.69) is 6.07 Å². The number of nitriles is 1. The van der Waals surface area contributed by atoms with Crippen molar-refractivity contribution in [1.29, 1.82) is 5.26 Å². The van der Waals surface area contributed by atoms with Gasteiger partial charge in [-0.2, -0.15) is 5.26 Å². The quantitative estimate of drug-likeness (QED) is 0.669. The number of rotatable bonds is 1. The van der Waals surface area contributed by atoms with Crippen LogP contribution in [-0.4, -0.2) is 11.1 Å². The number of nitrogens with zero attached hydrogens (tertiary/aromatic N) is 1. The van der Waals surface area contributed by atoms with Crippen molar-refractivity contribution in [2.75, 3.05) is 0 Å². The molecule has 3 aromatic carbocycles. The highest BCUT2D eigenvalue weighted by Gasteiger charge is 2.11. The molecule has 0 saturated carbocycles. The topological polar surface area (TPSA) is 61.1 Å². The van der Waals surface area contributed by atoms with Crippen LogP contribution < -0.4 is 0 Å². The monoisotopic (exact) mass is 247 g/mol. The number of hydrogen-bond donors (Lipinski definition) is 1. The molecule has 0 amide bonds. The number of hydrogen-bond acceptors (Lipinski definition) is 2. The molecule has 3 aromatic rings. The van der Waals surface area contributed by atoms with E-state index in [9.17, 15) is 10.1 Å². The standard InChI is InChI=1S/C16H9NO2/c17-9-13-8-12(16(18)19)7-11-6-5-10-3-1-2-4-14(10)15(11)13/h1-8H,(H,18,19). The Kier molecular flexibility index (Phi) is 2.43. The van der Waals surface area contributed by atoms with E-state index in [-0.39, 0.29) is 5.56 Å². The Labute approximate surface area is 109 Å². The average Bonchev–Trinajstić information content (AvgIpc) is 2.45. The van der Waals surface area contributed by atoms with E-state index in [1.54, 1.807) is 6.07 Å². The number of benzene rings is 3. The summed E-state index contributed by atoms with van der Waals surface area (Å²) < 4.78 is 0. The molecule has 0 unspecified atom stereocenters. The third-order valence-corrected chi connectivity index (χ3v) is 3.21. The van der Waals surface area contributed by atoms with Gasteiger partial charge in [-0.25, -0.2) is 4.79 Å². The fourth-order valence-corrected chi connectivity index (χ4v) is 2.36. The smallest absolute Gasteiger partial charge is 0.335 e. The van der Waals surface area contributed by atoms with Gasteiger partial charge < -0.3 is 5.11 Å². The fraction of sp³-hybridized carbons (Fsp3) is 0. The van der Waals surface area contributed by atoms with Gasteiger partial charge in [0.25, 0.3) is 0 Å². The Balaban J connectivity index is 2.53. The summed E-state index contributed by atoms with van der Waals surface area (Å²) in [5.41, 5.74) is 0.533. The molecule has 3 nitrogen and oxygen atoms in total. The first-order chi connectivity index (χ1) is 9.20. The molecule has 0 aliphatic rings. The molecule has 0 aromatic heterocycles. The highest BCUT2D eigenvalue weighted by Crippen LogP contribution is 2.29. The molecular weight excluding hydrogens is 238 g/mol. The predicted molar refractivity (Wildman–Crippen MR) is 73.1 cm³/mol. The van der Waals surface area contributed by atoms with Gasteiger partial charge in [0.15, 0.2) is 0 Å². The van der Waals surface area contributed by atoms with E-state index in [4.69, 9.17) is 5.11 Å². The third kappa shape index (κ3) is 1.71. The molecule has 0 aliphatic heterocycles. The number of fused-ring (bicyclic) bond motifs is 3. The van der Waals surface area contributed by atoms with Crippen molar-refractivity contribution in [3.05, 3.63) is 59.7 Å². The normalized spacial score (nSPS) is 10.5. The molecule has 0 aliphatic carbocycles. The second-order valence-electron chi connectivity index (χ2n) is 4.33. The van der Waals surface area contributed by atoms with Gasteiger partial charge in [-0.05, 0) is 28.3 Å². The molecule has 0 atom stereocenters. The molecular formula is C16H9NO2. The lowest BCUT2D eigenvalue weighted by molar-refractivity contribution is 0.0697. The van der Waals surface area contributed by atoms with Crippen molar-refractivity contribution in [3.63, 3.8) is 0 Å². The van der Waals surface area contributed by atoms with E-state index in [1.807, 2.05) is 36.4 Å². The fourth-order valence-electron chi connectivity index (χ4n) is 2.36. The van der Waals surface area contributed by atoms with Crippen LogP contribution in [0.15, 0.2) is 48.5 Å². The van der Waals surface area contributed by atoms with Gasteiger partial charge in [-0.15, -0.1) is 0 Å². The van der Waals surface area contributed by atoms with Gasteiger partial charge in [0.05, 0.1) is 17.2 Å². The van der Waals surface area contributed by atoms with Crippen molar-refractivity contribution in [2.24, 2.45) is 0 Å². The molecule has 19 heavy (non-hydrogen) atoms. The summed E-state index contributed by atoms with van der Waals surface area (Å²) in [6.07, 6.45) is 0. The van der Waals surface area contributed by atoms with Gasteiger partial charge in [0, 0.05) is 5.39 Å². The minimum Gasteiger partial charge on any atom is -0.478 e. The van der Waals surface area contributed by atoms with Crippen LogP contribution in [0, 0.1) is 11.3 Å². The summed E-state index contributed by atoms with van der Waals surface area (Å²) >= 11 is 0. The minimum absolute atomic E-state index is 0.138.